The number of aliphatic hydroxyl groups is 1. The summed E-state index contributed by atoms with van der Waals surface area (Å²) in [6.07, 6.45) is 0.849. The molecule has 0 saturated carbocycles. The number of rotatable bonds is 3. The van der Waals surface area contributed by atoms with Gasteiger partial charge in [0.2, 0.25) is 0 Å². The summed E-state index contributed by atoms with van der Waals surface area (Å²) in [7, 11) is 0. The molecular formula is C11H13N3O3S. The molecule has 96 valence electrons. The van der Waals surface area contributed by atoms with Gasteiger partial charge in [-0.2, -0.15) is 0 Å². The van der Waals surface area contributed by atoms with Crippen molar-refractivity contribution in [3.8, 4) is 5.00 Å². The Bertz CT molecular complexity index is 601. The minimum Gasteiger partial charge on any atom is -0.388 e. The Morgan fingerprint density at radius 2 is 2.22 bits per heavy atom. The minimum absolute atomic E-state index is 0.00333. The van der Waals surface area contributed by atoms with Crippen molar-refractivity contribution >= 4 is 17.0 Å². The fourth-order valence-corrected chi connectivity index (χ4v) is 2.69. The van der Waals surface area contributed by atoms with Gasteiger partial charge in [0.25, 0.3) is 0 Å². The van der Waals surface area contributed by atoms with E-state index in [1.165, 1.54) is 17.4 Å². The molecule has 0 aliphatic heterocycles. The maximum atomic E-state index is 11.0. The topological polar surface area (TPSA) is 81.2 Å². The van der Waals surface area contributed by atoms with Crippen molar-refractivity contribution in [1.29, 1.82) is 0 Å². The van der Waals surface area contributed by atoms with Gasteiger partial charge < -0.3 is 5.11 Å². The quantitative estimate of drug-likeness (QED) is 0.684. The van der Waals surface area contributed by atoms with Crippen molar-refractivity contribution in [2.24, 2.45) is 0 Å². The Labute approximate surface area is 108 Å². The van der Waals surface area contributed by atoms with E-state index in [1.54, 1.807) is 17.8 Å². The number of nitrogens with zero attached hydrogens (tertiary/aromatic N) is 3. The molecule has 2 heterocycles. The number of aromatic nitrogens is 2. The molecule has 0 radical (unpaired) electrons. The first-order valence-corrected chi connectivity index (χ1v) is 6.20. The fourth-order valence-electron chi connectivity index (χ4n) is 1.60. The molecule has 0 spiro atoms. The Morgan fingerprint density at radius 3 is 2.67 bits per heavy atom. The van der Waals surface area contributed by atoms with E-state index < -0.39 is 11.0 Å². The van der Waals surface area contributed by atoms with Crippen LogP contribution in [-0.2, 0) is 0 Å². The van der Waals surface area contributed by atoms with Gasteiger partial charge in [-0.15, -0.1) is 11.3 Å². The number of nitro groups is 1. The Kier molecular flexibility index (Phi) is 3.18. The zero-order valence-electron chi connectivity index (χ0n) is 10.2. The maximum absolute atomic E-state index is 11.0. The first kappa shape index (κ1) is 12.7. The van der Waals surface area contributed by atoms with Crippen LogP contribution in [0.25, 0.3) is 5.00 Å². The lowest BCUT2D eigenvalue weighted by molar-refractivity contribution is -0.384. The van der Waals surface area contributed by atoms with Crippen LogP contribution in [0.1, 0.15) is 29.3 Å². The molecule has 7 heteroatoms. The third-order valence-electron chi connectivity index (χ3n) is 2.79. The monoisotopic (exact) mass is 267 g/mol. The smallest absolute Gasteiger partial charge is 0.304 e. The first-order valence-electron chi connectivity index (χ1n) is 5.39. The molecule has 2 aromatic rings. The van der Waals surface area contributed by atoms with Crippen molar-refractivity contribution in [2.45, 2.75) is 26.9 Å². The van der Waals surface area contributed by atoms with Crippen LogP contribution in [0.5, 0.6) is 0 Å². The van der Waals surface area contributed by atoms with Crippen LogP contribution in [0.2, 0.25) is 0 Å². The molecule has 0 amide bonds. The van der Waals surface area contributed by atoms with Crippen molar-refractivity contribution < 1.29 is 10.0 Å². The number of aryl methyl sites for hydroxylation is 1. The van der Waals surface area contributed by atoms with Gasteiger partial charge in [0, 0.05) is 16.6 Å². The molecular weight excluding hydrogens is 254 g/mol. The molecule has 6 nitrogen and oxygen atoms in total. The Hall–Kier alpha value is -1.73. The van der Waals surface area contributed by atoms with Crippen LogP contribution in [0.3, 0.4) is 0 Å². The van der Waals surface area contributed by atoms with E-state index in [2.05, 4.69) is 4.98 Å². The van der Waals surface area contributed by atoms with E-state index in [-0.39, 0.29) is 5.69 Å². The van der Waals surface area contributed by atoms with Crippen molar-refractivity contribution in [2.75, 3.05) is 0 Å². The third-order valence-corrected chi connectivity index (χ3v) is 4.09. The predicted octanol–water partition coefficient (Wildman–Crippen LogP) is 2.51. The first-order chi connectivity index (χ1) is 8.41. The zero-order chi connectivity index (χ0) is 13.4. The number of hydrogen-bond donors (Lipinski definition) is 1. The highest BCUT2D eigenvalue weighted by Gasteiger charge is 2.23. The van der Waals surface area contributed by atoms with Gasteiger partial charge in [0.15, 0.2) is 5.00 Å². The minimum atomic E-state index is -0.715. The zero-order valence-corrected chi connectivity index (χ0v) is 11.1. The molecule has 0 bridgehead atoms. The number of hydrogen-bond acceptors (Lipinski definition) is 5. The molecule has 0 aliphatic rings. The standard InChI is InChI=1S/C11H13N3O3S/c1-6-7(2)13(5-12-6)11-9(14(16)17)4-10(18-11)8(3)15/h4-5,8,15H,1-3H3/t8-/m1/s1. The lowest BCUT2D eigenvalue weighted by Gasteiger charge is -2.01. The Balaban J connectivity index is 2.62. The van der Waals surface area contributed by atoms with Gasteiger partial charge in [-0.1, -0.05) is 0 Å². The summed E-state index contributed by atoms with van der Waals surface area (Å²) in [5, 5.41) is 21.1. The SMILES string of the molecule is Cc1ncn(-c2sc([C@@H](C)O)cc2[N+](=O)[O-])c1C. The fraction of sp³-hybridized carbons (Fsp3) is 0.364. The number of imidazole rings is 1. The second-order valence-electron chi connectivity index (χ2n) is 4.06. The summed E-state index contributed by atoms with van der Waals surface area (Å²) in [5.41, 5.74) is 1.68. The summed E-state index contributed by atoms with van der Waals surface area (Å²) >= 11 is 1.21. The summed E-state index contributed by atoms with van der Waals surface area (Å²) in [4.78, 5) is 15.3. The van der Waals surface area contributed by atoms with E-state index in [1.807, 2.05) is 13.8 Å². The van der Waals surface area contributed by atoms with Crippen LogP contribution in [0.4, 0.5) is 5.69 Å². The molecule has 2 rings (SSSR count). The van der Waals surface area contributed by atoms with Crippen molar-refractivity contribution in [3.05, 3.63) is 38.8 Å². The average Bonchev–Trinajstić information content (AvgIpc) is 2.85. The summed E-state index contributed by atoms with van der Waals surface area (Å²) in [5.74, 6) is 0. The molecule has 1 N–H and O–H groups in total. The van der Waals surface area contributed by atoms with E-state index in [0.717, 1.165) is 11.4 Å². The lowest BCUT2D eigenvalue weighted by atomic mass is 10.3. The maximum Gasteiger partial charge on any atom is 0.304 e. The molecule has 0 saturated heterocycles. The number of thiophene rings is 1. The van der Waals surface area contributed by atoms with Crippen LogP contribution < -0.4 is 0 Å². The number of aliphatic hydroxyl groups excluding tert-OH is 1. The highest BCUT2D eigenvalue weighted by Crippen LogP contribution is 2.36. The largest absolute Gasteiger partial charge is 0.388 e. The van der Waals surface area contributed by atoms with Gasteiger partial charge in [0.05, 0.1) is 16.7 Å². The molecule has 18 heavy (non-hydrogen) atoms. The van der Waals surface area contributed by atoms with Gasteiger partial charge in [0.1, 0.15) is 6.33 Å². The van der Waals surface area contributed by atoms with Crippen LogP contribution in [-0.4, -0.2) is 19.6 Å². The van der Waals surface area contributed by atoms with Crippen molar-refractivity contribution in [3.63, 3.8) is 0 Å². The summed E-state index contributed by atoms with van der Waals surface area (Å²) in [6.45, 7) is 5.29. The summed E-state index contributed by atoms with van der Waals surface area (Å²) < 4.78 is 1.68. The predicted molar refractivity (Wildman–Crippen MR) is 68.2 cm³/mol. The second-order valence-corrected chi connectivity index (χ2v) is 5.12. The van der Waals surface area contributed by atoms with E-state index >= 15 is 0 Å². The second kappa shape index (κ2) is 4.51. The molecule has 1 atom stereocenters. The lowest BCUT2D eigenvalue weighted by Crippen LogP contribution is -1.96. The average molecular weight is 267 g/mol. The molecule has 0 aromatic carbocycles. The van der Waals surface area contributed by atoms with Crippen LogP contribution in [0, 0.1) is 24.0 Å². The van der Waals surface area contributed by atoms with Crippen LogP contribution >= 0.6 is 11.3 Å². The summed E-state index contributed by atoms with van der Waals surface area (Å²) in [6, 6.07) is 1.42. The molecule has 0 unspecified atom stereocenters. The highest BCUT2D eigenvalue weighted by atomic mass is 32.1. The van der Waals surface area contributed by atoms with E-state index in [4.69, 9.17) is 0 Å². The molecule has 2 aromatic heterocycles. The normalized spacial score (nSPS) is 12.7. The van der Waals surface area contributed by atoms with Gasteiger partial charge in [-0.25, -0.2) is 4.98 Å². The van der Waals surface area contributed by atoms with Crippen molar-refractivity contribution in [1.82, 2.24) is 9.55 Å². The van der Waals surface area contributed by atoms with Crippen LogP contribution in [0.15, 0.2) is 12.4 Å². The van der Waals surface area contributed by atoms with E-state index in [9.17, 15) is 15.2 Å². The van der Waals surface area contributed by atoms with Gasteiger partial charge in [-0.05, 0) is 20.8 Å². The van der Waals surface area contributed by atoms with Gasteiger partial charge >= 0.3 is 5.69 Å². The Morgan fingerprint density at radius 1 is 1.56 bits per heavy atom. The van der Waals surface area contributed by atoms with Gasteiger partial charge in [-0.3, -0.25) is 14.7 Å². The molecule has 0 fully saturated rings. The third kappa shape index (κ3) is 2.02. The highest BCUT2D eigenvalue weighted by molar-refractivity contribution is 7.15. The molecule has 0 aliphatic carbocycles. The van der Waals surface area contributed by atoms with E-state index in [0.29, 0.717) is 9.88 Å².